The van der Waals surface area contributed by atoms with Gasteiger partial charge in [-0.3, -0.25) is 4.79 Å². The van der Waals surface area contributed by atoms with Crippen molar-refractivity contribution in [2.75, 3.05) is 11.9 Å². The number of nitriles is 1. The topological polar surface area (TPSA) is 64.9 Å². The summed E-state index contributed by atoms with van der Waals surface area (Å²) in [6, 6.07) is 4.27. The van der Waals surface area contributed by atoms with E-state index in [1.165, 1.54) is 6.07 Å². The molecule has 1 heterocycles. The number of carbonyl (C=O) groups is 1. The molecular formula is C13H12F3N3O. The highest BCUT2D eigenvalue weighted by molar-refractivity contribution is 5.95. The van der Waals surface area contributed by atoms with Crippen LogP contribution in [0.25, 0.3) is 0 Å². The molecule has 0 bridgehead atoms. The van der Waals surface area contributed by atoms with Gasteiger partial charge in [0.25, 0.3) is 0 Å². The molecule has 4 nitrogen and oxygen atoms in total. The number of hydrogen-bond acceptors (Lipinski definition) is 3. The van der Waals surface area contributed by atoms with Crippen LogP contribution in [-0.2, 0) is 11.0 Å². The predicted octanol–water partition coefficient (Wildman–Crippen LogP) is 2.27. The molecule has 2 rings (SSSR count). The molecule has 1 amide bonds. The molecule has 1 aliphatic rings. The quantitative estimate of drug-likeness (QED) is 0.875. The average molecular weight is 283 g/mol. The van der Waals surface area contributed by atoms with Crippen LogP contribution in [0.4, 0.5) is 18.9 Å². The van der Waals surface area contributed by atoms with Gasteiger partial charge in [0.05, 0.1) is 28.9 Å². The van der Waals surface area contributed by atoms with Crippen molar-refractivity contribution in [1.29, 1.82) is 5.26 Å². The first-order chi connectivity index (χ1) is 9.41. The predicted molar refractivity (Wildman–Crippen MR) is 65.8 cm³/mol. The van der Waals surface area contributed by atoms with E-state index < -0.39 is 23.7 Å². The van der Waals surface area contributed by atoms with Crippen LogP contribution in [0.2, 0.25) is 0 Å². The molecule has 1 fully saturated rings. The first-order valence-electron chi connectivity index (χ1n) is 6.07. The highest BCUT2D eigenvalue weighted by Crippen LogP contribution is 2.35. The van der Waals surface area contributed by atoms with Crippen molar-refractivity contribution in [2.45, 2.75) is 25.1 Å². The van der Waals surface area contributed by atoms with Gasteiger partial charge < -0.3 is 10.6 Å². The standard InChI is InChI=1S/C13H12F3N3O/c14-13(15,16)9-6-8(7-17)3-4-10(9)19-12(20)11-2-1-5-18-11/h3-4,6,11,18H,1-2,5H2,(H,19,20)/t11-/m0/s1. The molecule has 0 radical (unpaired) electrons. The maximum Gasteiger partial charge on any atom is 0.418 e. The van der Waals surface area contributed by atoms with Crippen molar-refractivity contribution in [3.63, 3.8) is 0 Å². The van der Waals surface area contributed by atoms with E-state index in [0.29, 0.717) is 13.0 Å². The molecule has 0 saturated carbocycles. The Morgan fingerprint density at radius 2 is 2.20 bits per heavy atom. The molecule has 0 aliphatic carbocycles. The smallest absolute Gasteiger partial charge is 0.324 e. The van der Waals surface area contributed by atoms with Crippen molar-refractivity contribution in [2.24, 2.45) is 0 Å². The molecule has 106 valence electrons. The molecule has 0 spiro atoms. The second-order valence-electron chi connectivity index (χ2n) is 4.51. The minimum Gasteiger partial charge on any atom is -0.324 e. The third-order valence-corrected chi connectivity index (χ3v) is 3.09. The Bertz CT molecular complexity index is 557. The maximum atomic E-state index is 12.9. The SMILES string of the molecule is N#Cc1ccc(NC(=O)[C@@H]2CCCN2)c(C(F)(F)F)c1. The molecule has 1 aromatic carbocycles. The van der Waals surface area contributed by atoms with Gasteiger partial charge >= 0.3 is 6.18 Å². The number of rotatable bonds is 2. The second-order valence-corrected chi connectivity index (χ2v) is 4.51. The van der Waals surface area contributed by atoms with Crippen molar-refractivity contribution in [3.05, 3.63) is 29.3 Å². The number of halogens is 3. The fourth-order valence-electron chi connectivity index (χ4n) is 2.09. The number of amides is 1. The van der Waals surface area contributed by atoms with Gasteiger partial charge in [-0.25, -0.2) is 0 Å². The van der Waals surface area contributed by atoms with Crippen LogP contribution in [0.15, 0.2) is 18.2 Å². The van der Waals surface area contributed by atoms with E-state index in [9.17, 15) is 18.0 Å². The minimum absolute atomic E-state index is 0.102. The molecular weight excluding hydrogens is 271 g/mol. The van der Waals surface area contributed by atoms with Crippen molar-refractivity contribution >= 4 is 11.6 Å². The molecule has 1 aromatic rings. The fraction of sp³-hybridized carbons (Fsp3) is 0.385. The summed E-state index contributed by atoms with van der Waals surface area (Å²) < 4.78 is 38.7. The number of nitrogens with one attached hydrogen (secondary N) is 2. The lowest BCUT2D eigenvalue weighted by Gasteiger charge is -2.16. The summed E-state index contributed by atoms with van der Waals surface area (Å²) in [4.78, 5) is 11.8. The monoisotopic (exact) mass is 283 g/mol. The molecule has 0 aromatic heterocycles. The average Bonchev–Trinajstić information content (AvgIpc) is 2.91. The summed E-state index contributed by atoms with van der Waals surface area (Å²) in [5, 5.41) is 13.8. The van der Waals surface area contributed by atoms with Crippen LogP contribution in [0.3, 0.4) is 0 Å². The summed E-state index contributed by atoms with van der Waals surface area (Å²) in [7, 11) is 0. The second kappa shape index (κ2) is 5.51. The molecule has 1 saturated heterocycles. The Morgan fingerprint density at radius 3 is 2.75 bits per heavy atom. The molecule has 2 N–H and O–H groups in total. The Hall–Kier alpha value is -2.07. The zero-order valence-corrected chi connectivity index (χ0v) is 10.4. The third kappa shape index (κ3) is 3.08. The molecule has 7 heteroatoms. The Balaban J connectivity index is 2.27. The van der Waals surface area contributed by atoms with Gasteiger partial charge in [0.2, 0.25) is 5.91 Å². The maximum absolute atomic E-state index is 12.9. The lowest BCUT2D eigenvalue weighted by atomic mass is 10.1. The van der Waals surface area contributed by atoms with Gasteiger partial charge in [0, 0.05) is 0 Å². The number of anilines is 1. The van der Waals surface area contributed by atoms with Crippen LogP contribution in [0, 0.1) is 11.3 Å². The van der Waals surface area contributed by atoms with Gasteiger partial charge in [-0.05, 0) is 37.6 Å². The van der Waals surface area contributed by atoms with Crippen LogP contribution in [-0.4, -0.2) is 18.5 Å². The molecule has 1 aliphatic heterocycles. The number of carbonyl (C=O) groups excluding carboxylic acids is 1. The van der Waals surface area contributed by atoms with Crippen LogP contribution in [0.5, 0.6) is 0 Å². The molecule has 1 atom stereocenters. The number of benzene rings is 1. The highest BCUT2D eigenvalue weighted by Gasteiger charge is 2.35. The van der Waals surface area contributed by atoms with Crippen LogP contribution in [0.1, 0.15) is 24.0 Å². The number of nitrogens with zero attached hydrogens (tertiary/aromatic N) is 1. The van der Waals surface area contributed by atoms with Gasteiger partial charge in [0.15, 0.2) is 0 Å². The number of hydrogen-bond donors (Lipinski definition) is 2. The van der Waals surface area contributed by atoms with Crippen molar-refractivity contribution in [1.82, 2.24) is 5.32 Å². The zero-order chi connectivity index (χ0) is 14.8. The van der Waals surface area contributed by atoms with Gasteiger partial charge in [-0.15, -0.1) is 0 Å². The summed E-state index contributed by atoms with van der Waals surface area (Å²) in [5.74, 6) is -0.488. The highest BCUT2D eigenvalue weighted by atomic mass is 19.4. The molecule has 20 heavy (non-hydrogen) atoms. The van der Waals surface area contributed by atoms with E-state index in [2.05, 4.69) is 10.6 Å². The lowest BCUT2D eigenvalue weighted by molar-refractivity contribution is -0.137. The molecule has 0 unspecified atom stereocenters. The summed E-state index contributed by atoms with van der Waals surface area (Å²) in [5.41, 5.74) is -1.44. The summed E-state index contributed by atoms with van der Waals surface area (Å²) in [6.07, 6.45) is -3.21. The van der Waals surface area contributed by atoms with Gasteiger partial charge in [0.1, 0.15) is 0 Å². The van der Waals surface area contributed by atoms with Crippen LogP contribution >= 0.6 is 0 Å². The zero-order valence-electron chi connectivity index (χ0n) is 10.4. The normalized spacial score (nSPS) is 18.6. The lowest BCUT2D eigenvalue weighted by Crippen LogP contribution is -2.36. The van der Waals surface area contributed by atoms with Crippen molar-refractivity contribution in [3.8, 4) is 6.07 Å². The first kappa shape index (κ1) is 14.3. The number of alkyl halides is 3. The Labute approximate surface area is 113 Å². The summed E-state index contributed by atoms with van der Waals surface area (Å²) >= 11 is 0. The fourth-order valence-corrected chi connectivity index (χ4v) is 2.09. The van der Waals surface area contributed by atoms with E-state index in [0.717, 1.165) is 18.6 Å². The van der Waals surface area contributed by atoms with Gasteiger partial charge in [-0.1, -0.05) is 0 Å². The van der Waals surface area contributed by atoms with Crippen molar-refractivity contribution < 1.29 is 18.0 Å². The van der Waals surface area contributed by atoms with E-state index in [1.807, 2.05) is 0 Å². The van der Waals surface area contributed by atoms with Crippen LogP contribution < -0.4 is 10.6 Å². The first-order valence-corrected chi connectivity index (χ1v) is 6.07. The third-order valence-electron chi connectivity index (χ3n) is 3.09. The van der Waals surface area contributed by atoms with Gasteiger partial charge in [-0.2, -0.15) is 18.4 Å². The Kier molecular flexibility index (Phi) is 3.95. The van der Waals surface area contributed by atoms with E-state index in [1.54, 1.807) is 6.07 Å². The largest absolute Gasteiger partial charge is 0.418 e. The van der Waals surface area contributed by atoms with E-state index >= 15 is 0 Å². The summed E-state index contributed by atoms with van der Waals surface area (Å²) in [6.45, 7) is 0.678. The Morgan fingerprint density at radius 1 is 1.45 bits per heavy atom. The minimum atomic E-state index is -4.63. The van der Waals surface area contributed by atoms with E-state index in [4.69, 9.17) is 5.26 Å². The van der Waals surface area contributed by atoms with E-state index in [-0.39, 0.29) is 11.3 Å².